The second-order valence-electron chi connectivity index (χ2n) is 17.6. The average molecular weight is 819 g/mol. The van der Waals surface area contributed by atoms with Gasteiger partial charge in [-0.2, -0.15) is 13.2 Å². The van der Waals surface area contributed by atoms with Crippen LogP contribution in [0.5, 0.6) is 0 Å². The second-order valence-corrected chi connectivity index (χ2v) is 17.6. The van der Waals surface area contributed by atoms with Crippen molar-refractivity contribution < 1.29 is 51.5 Å². The van der Waals surface area contributed by atoms with Crippen LogP contribution in [-0.4, -0.2) is 108 Å². The van der Waals surface area contributed by atoms with Crippen LogP contribution in [0.3, 0.4) is 0 Å². The van der Waals surface area contributed by atoms with Crippen LogP contribution in [0.1, 0.15) is 97.1 Å². The first-order valence-corrected chi connectivity index (χ1v) is 20.2. The first-order chi connectivity index (χ1) is 27.1. The molecule has 1 aliphatic heterocycles. The molecule has 3 aliphatic carbocycles. The molecule has 14 nitrogen and oxygen atoms in total. The summed E-state index contributed by atoms with van der Waals surface area (Å²) in [7, 11) is 3.08. The highest BCUT2D eigenvalue weighted by molar-refractivity contribution is 6.38. The van der Waals surface area contributed by atoms with Crippen molar-refractivity contribution in [2.75, 3.05) is 27.2 Å². The number of Topliss-reactive ketones (excluding diaryl/α,β-unsaturated/α-hetero) is 1. The highest BCUT2D eigenvalue weighted by Crippen LogP contribution is 2.65. The van der Waals surface area contributed by atoms with Gasteiger partial charge in [-0.05, 0) is 67.8 Å². The van der Waals surface area contributed by atoms with Gasteiger partial charge in [-0.3, -0.25) is 28.8 Å². The van der Waals surface area contributed by atoms with Crippen molar-refractivity contribution >= 4 is 41.4 Å². The number of carbonyl (C=O) groups is 7. The van der Waals surface area contributed by atoms with Gasteiger partial charge >= 0.3 is 12.3 Å². The minimum absolute atomic E-state index is 0.0484. The first-order valence-electron chi connectivity index (χ1n) is 20.2. The van der Waals surface area contributed by atoms with Crippen LogP contribution in [0.4, 0.5) is 18.0 Å². The minimum atomic E-state index is -4.87. The molecule has 6 amide bonds. The normalized spacial score (nSPS) is 23.2. The van der Waals surface area contributed by atoms with Crippen LogP contribution in [0.15, 0.2) is 30.3 Å². The summed E-state index contributed by atoms with van der Waals surface area (Å²) in [5, 5.41) is 10.1. The van der Waals surface area contributed by atoms with Gasteiger partial charge in [0.05, 0.1) is 12.6 Å². The van der Waals surface area contributed by atoms with Crippen LogP contribution >= 0.6 is 0 Å². The number of carbonyl (C=O) groups excluding carboxylic acids is 7. The maximum absolute atomic E-state index is 14.5. The van der Waals surface area contributed by atoms with Crippen molar-refractivity contribution in [2.24, 2.45) is 29.1 Å². The Hall–Kier alpha value is -4.70. The number of likely N-dealkylation sites (tertiary alicyclic amines) is 1. The van der Waals surface area contributed by atoms with E-state index < -0.39 is 89.8 Å². The topological polar surface area (TPSA) is 183 Å². The molecule has 4 fully saturated rings. The van der Waals surface area contributed by atoms with Crippen molar-refractivity contribution in [1.82, 2.24) is 31.1 Å². The molecule has 1 aromatic rings. The molecule has 6 atom stereocenters. The number of ketones is 1. The number of nitrogens with zero attached hydrogens (tertiary/aromatic N) is 2. The van der Waals surface area contributed by atoms with Crippen LogP contribution in [0, 0.1) is 29.1 Å². The van der Waals surface area contributed by atoms with Gasteiger partial charge in [-0.15, -0.1) is 0 Å². The van der Waals surface area contributed by atoms with Gasteiger partial charge in [0.15, 0.2) is 0 Å². The lowest BCUT2D eigenvalue weighted by atomic mass is 9.80. The average Bonchev–Trinajstić information content (AvgIpc) is 3.45. The summed E-state index contributed by atoms with van der Waals surface area (Å²) in [6.45, 7) is 4.88. The van der Waals surface area contributed by atoms with Crippen molar-refractivity contribution in [2.45, 2.75) is 121 Å². The predicted octanol–water partition coefficient (Wildman–Crippen LogP) is 3.79. The highest BCUT2D eigenvalue weighted by Gasteiger charge is 2.70. The molecule has 1 unspecified atom stereocenters. The summed E-state index contributed by atoms with van der Waals surface area (Å²) in [5.74, 6) is -5.28. The zero-order valence-electron chi connectivity index (χ0n) is 34.1. The molecular formula is C41H57F3N6O8. The highest BCUT2D eigenvalue weighted by atomic mass is 19.4. The van der Waals surface area contributed by atoms with Gasteiger partial charge in [0.1, 0.15) is 18.1 Å². The quantitative estimate of drug-likeness (QED) is 0.193. The maximum Gasteiger partial charge on any atom is 0.427 e. The largest absolute Gasteiger partial charge is 0.434 e. The Kier molecular flexibility index (Phi) is 13.5. The zero-order chi connectivity index (χ0) is 42.7. The molecule has 0 spiro atoms. The Bertz CT molecular complexity index is 1730. The number of alkyl carbamates (subject to hydrolysis) is 1. The van der Waals surface area contributed by atoms with E-state index in [0.717, 1.165) is 38.5 Å². The lowest BCUT2D eigenvalue weighted by Gasteiger charge is -2.38. The monoisotopic (exact) mass is 818 g/mol. The Balaban J connectivity index is 1.30. The Labute approximate surface area is 337 Å². The molecule has 1 saturated heterocycles. The van der Waals surface area contributed by atoms with E-state index in [2.05, 4.69) is 21.3 Å². The third-order valence-electron chi connectivity index (χ3n) is 12.6. The summed E-state index contributed by atoms with van der Waals surface area (Å²) in [5.41, 5.74) is -2.66. The van der Waals surface area contributed by atoms with Crippen LogP contribution in [-0.2, 0) is 33.5 Å². The summed E-state index contributed by atoms with van der Waals surface area (Å²) >= 11 is 0. The molecule has 58 heavy (non-hydrogen) atoms. The number of hydrogen-bond acceptors (Lipinski definition) is 8. The molecule has 1 heterocycles. The van der Waals surface area contributed by atoms with Gasteiger partial charge in [-0.1, -0.05) is 82.7 Å². The Morgan fingerprint density at radius 1 is 0.897 bits per heavy atom. The van der Waals surface area contributed by atoms with Crippen molar-refractivity contribution in [3.63, 3.8) is 0 Å². The van der Waals surface area contributed by atoms with Gasteiger partial charge in [0.2, 0.25) is 35.0 Å². The number of ether oxygens (including phenoxy) is 1. The van der Waals surface area contributed by atoms with E-state index in [1.165, 1.54) is 23.9 Å². The summed E-state index contributed by atoms with van der Waals surface area (Å²) in [6, 6.07) is 3.87. The third kappa shape index (κ3) is 9.93. The Morgan fingerprint density at radius 3 is 2.10 bits per heavy atom. The molecular weight excluding hydrogens is 761 g/mol. The number of benzene rings is 1. The van der Waals surface area contributed by atoms with Crippen molar-refractivity contribution in [3.8, 4) is 0 Å². The smallest absolute Gasteiger partial charge is 0.427 e. The molecule has 320 valence electrons. The number of fused-ring (bicyclic) bond motifs is 1. The fourth-order valence-electron chi connectivity index (χ4n) is 8.65. The standard InChI is InChI=1S/C41H57F3N6O8/c1-39(2)26-22-50(37(56)31(25-18-11-8-12-19-25)48-38(57)58-40(3,4)41(42,43)44)32(29(26)39)34(53)46-27(20-23-14-13-15-23)33(52)35(54)45-21-28(51)47-30(36(55)49(5)6)24-16-9-7-10-17-24/h7,9-10,16-17,23,25-27,29-32H,8,11-15,18-22H2,1-6H3,(H,45,54)(H,46,53)(H,47,51)(H,48,57)/t26-,27?,29-,30-,31-,32-/m0/s1. The molecule has 17 heteroatoms. The molecule has 0 bridgehead atoms. The number of piperidine rings is 1. The van der Waals surface area contributed by atoms with E-state index >= 15 is 0 Å². The van der Waals surface area contributed by atoms with Crippen LogP contribution < -0.4 is 21.3 Å². The fourth-order valence-corrected chi connectivity index (χ4v) is 8.65. The van der Waals surface area contributed by atoms with E-state index in [9.17, 15) is 46.7 Å². The van der Waals surface area contributed by atoms with Gasteiger partial charge < -0.3 is 35.8 Å². The van der Waals surface area contributed by atoms with E-state index in [1.54, 1.807) is 30.3 Å². The second kappa shape index (κ2) is 17.7. The SMILES string of the molecule is CN(C)C(=O)[C@@H](NC(=O)CNC(=O)C(=O)C(CC1CCC1)NC(=O)[C@@H]1[C@@H]2[C@H](CN1C(=O)[C@@H](NC(=O)OC(C)(C)C(F)(F)F)C1CCCCC1)C2(C)C)c1ccccc1. The zero-order valence-corrected chi connectivity index (χ0v) is 34.1. The number of rotatable bonds is 15. The summed E-state index contributed by atoms with van der Waals surface area (Å²) < 4.78 is 45.6. The maximum atomic E-state index is 14.5. The number of hydrogen-bond donors (Lipinski definition) is 4. The molecule has 5 rings (SSSR count). The number of likely N-dealkylation sites (N-methyl/N-ethyl adjacent to an activating group) is 1. The first kappa shape index (κ1) is 44.4. The van der Waals surface area contributed by atoms with Crippen molar-refractivity contribution in [1.29, 1.82) is 0 Å². The van der Waals surface area contributed by atoms with E-state index in [4.69, 9.17) is 4.74 Å². The van der Waals surface area contributed by atoms with Crippen LogP contribution in [0.2, 0.25) is 0 Å². The third-order valence-corrected chi connectivity index (χ3v) is 12.6. The van der Waals surface area contributed by atoms with E-state index in [0.29, 0.717) is 32.3 Å². The number of halogens is 3. The lowest BCUT2D eigenvalue weighted by Crippen LogP contribution is -2.60. The summed E-state index contributed by atoms with van der Waals surface area (Å²) in [6.07, 6.45) is -0.164. The molecule has 4 aliphatic rings. The van der Waals surface area contributed by atoms with Crippen molar-refractivity contribution in [3.05, 3.63) is 35.9 Å². The minimum Gasteiger partial charge on any atom is -0.434 e. The van der Waals surface area contributed by atoms with Gasteiger partial charge in [-0.25, -0.2) is 4.79 Å². The van der Waals surface area contributed by atoms with E-state index in [-0.39, 0.29) is 36.1 Å². The molecule has 0 aromatic heterocycles. The van der Waals surface area contributed by atoms with Gasteiger partial charge in [0, 0.05) is 20.6 Å². The number of amides is 6. The molecule has 0 radical (unpaired) electrons. The lowest BCUT2D eigenvalue weighted by molar-refractivity contribution is -0.244. The summed E-state index contributed by atoms with van der Waals surface area (Å²) in [4.78, 5) is 97.3. The number of alkyl halides is 3. The van der Waals surface area contributed by atoms with Gasteiger partial charge in [0.25, 0.3) is 5.91 Å². The number of nitrogens with one attached hydrogen (secondary N) is 4. The Morgan fingerprint density at radius 2 is 1.53 bits per heavy atom. The van der Waals surface area contributed by atoms with E-state index in [1.807, 2.05) is 13.8 Å². The van der Waals surface area contributed by atoms with Crippen LogP contribution in [0.25, 0.3) is 0 Å². The molecule has 3 saturated carbocycles. The predicted molar refractivity (Wildman–Crippen MR) is 204 cm³/mol. The fraction of sp³-hybridized carbons (Fsp3) is 0.683. The molecule has 4 N–H and O–H groups in total. The molecule has 1 aromatic carbocycles.